The molecule has 12 nitrogen and oxygen atoms in total. The van der Waals surface area contributed by atoms with Gasteiger partial charge in [0.25, 0.3) is 10.1 Å². The first-order valence-electron chi connectivity index (χ1n) is 14.8. The van der Waals surface area contributed by atoms with E-state index in [1.54, 1.807) is 26.8 Å². The summed E-state index contributed by atoms with van der Waals surface area (Å²) in [5.41, 5.74) is -2.41. The number of nitrogens with zero attached hydrogens (tertiary/aromatic N) is 1. The zero-order valence-corrected chi connectivity index (χ0v) is 28.2. The van der Waals surface area contributed by atoms with Crippen molar-refractivity contribution in [2.45, 2.75) is 99.9 Å². The number of rotatable bonds is 15. The summed E-state index contributed by atoms with van der Waals surface area (Å²) in [5, 5.41) is 15.0. The number of benzene rings is 1. The van der Waals surface area contributed by atoms with Crippen LogP contribution in [0.1, 0.15) is 65.7 Å². The van der Waals surface area contributed by atoms with Crippen LogP contribution >= 0.6 is 15.9 Å². The molecule has 248 valence electrons. The zero-order valence-electron chi connectivity index (χ0n) is 25.8. The van der Waals surface area contributed by atoms with Gasteiger partial charge >= 0.3 is 12.1 Å². The number of aliphatic carboxylic acids is 1. The average Bonchev–Trinajstić information content (AvgIpc) is 3.51. The molecule has 14 heteroatoms. The second-order valence-corrected chi connectivity index (χ2v) is 14.8. The van der Waals surface area contributed by atoms with Crippen molar-refractivity contribution in [1.29, 1.82) is 0 Å². The van der Waals surface area contributed by atoms with E-state index < -0.39 is 69.2 Å². The number of allylic oxidation sites excluding steroid dienone is 1. The maximum absolute atomic E-state index is 14.1. The van der Waals surface area contributed by atoms with Gasteiger partial charge in [-0.2, -0.15) is 8.42 Å². The second kappa shape index (κ2) is 14.9. The predicted octanol–water partition coefficient (Wildman–Crippen LogP) is 4.30. The Labute approximate surface area is 272 Å². The van der Waals surface area contributed by atoms with E-state index in [-0.39, 0.29) is 30.7 Å². The first-order valence-corrected chi connectivity index (χ1v) is 17.0. The van der Waals surface area contributed by atoms with Crippen LogP contribution in [-0.2, 0) is 33.4 Å². The lowest BCUT2D eigenvalue weighted by molar-refractivity contribution is -0.145. The lowest BCUT2D eigenvalue weighted by Crippen LogP contribution is -2.56. The Hall–Kier alpha value is -3.23. The van der Waals surface area contributed by atoms with Gasteiger partial charge in [-0.05, 0) is 70.7 Å². The van der Waals surface area contributed by atoms with E-state index in [1.165, 1.54) is 30.3 Å². The van der Waals surface area contributed by atoms with Crippen molar-refractivity contribution in [3.8, 4) is 0 Å². The molecule has 2 aliphatic rings. The van der Waals surface area contributed by atoms with Gasteiger partial charge in [0.1, 0.15) is 23.2 Å². The van der Waals surface area contributed by atoms with Crippen LogP contribution in [-0.4, -0.2) is 78.2 Å². The molecule has 3 N–H and O–H groups in total. The summed E-state index contributed by atoms with van der Waals surface area (Å²) in [6.07, 6.45) is 4.34. The van der Waals surface area contributed by atoms with Crippen LogP contribution in [0.2, 0.25) is 0 Å². The van der Waals surface area contributed by atoms with Crippen molar-refractivity contribution >= 4 is 49.9 Å². The molecule has 1 aliphatic heterocycles. The fraction of sp³-hybridized carbons (Fsp3) is 0.548. The third-order valence-electron chi connectivity index (χ3n) is 7.63. The number of ether oxygens (including phenoxy) is 1. The second-order valence-electron chi connectivity index (χ2n) is 12.3. The number of carboxylic acids is 1. The minimum Gasteiger partial charge on any atom is -0.479 e. The molecule has 0 aromatic heterocycles. The van der Waals surface area contributed by atoms with Crippen LogP contribution in [0, 0.1) is 5.92 Å². The van der Waals surface area contributed by atoms with Gasteiger partial charge in [0.15, 0.2) is 0 Å². The largest absolute Gasteiger partial charge is 0.479 e. The summed E-state index contributed by atoms with van der Waals surface area (Å²) in [5.74, 6) is -3.17. The standard InChI is InChI=1S/C31H42BrN3O9S/c1-6-8-9-10-11-12-24(33-29(40)43-30(3,4)5)27(37)35-19-22(44-45(41,42)23-15-13-21(32)14-16-23)17-25(35)26(36)34-31(28(38)39)18-20(31)7-2/h6-7,13-16,20,22,24-25H,1-2,8-12,17-19H2,3-5H3,(H,33,40)(H,34,36)(H,38,39)/t20-,22+,24?,25+,31-/m1/s1. The Bertz CT molecular complexity index is 1390. The van der Waals surface area contributed by atoms with E-state index >= 15 is 0 Å². The minimum absolute atomic E-state index is 0.114. The molecule has 0 radical (unpaired) electrons. The van der Waals surface area contributed by atoms with E-state index in [2.05, 4.69) is 39.7 Å². The number of carbonyl (C=O) groups excluding carboxylic acids is 3. The summed E-state index contributed by atoms with van der Waals surface area (Å²) >= 11 is 3.26. The number of carboxylic acid groups (broad SMARTS) is 1. The number of alkyl carbamates (subject to hydrolysis) is 1. The lowest BCUT2D eigenvalue weighted by Gasteiger charge is -2.30. The summed E-state index contributed by atoms with van der Waals surface area (Å²) in [6, 6.07) is 3.41. The van der Waals surface area contributed by atoms with Gasteiger partial charge in [0.05, 0.1) is 11.0 Å². The fourth-order valence-electron chi connectivity index (χ4n) is 5.24. The minimum atomic E-state index is -4.29. The van der Waals surface area contributed by atoms with E-state index in [0.29, 0.717) is 10.9 Å². The van der Waals surface area contributed by atoms with Crippen molar-refractivity contribution in [3.05, 3.63) is 54.0 Å². The van der Waals surface area contributed by atoms with Gasteiger partial charge in [-0.25, -0.2) is 9.59 Å². The Morgan fingerprint density at radius 1 is 1.16 bits per heavy atom. The maximum Gasteiger partial charge on any atom is 0.408 e. The molecular formula is C31H42BrN3O9S. The van der Waals surface area contributed by atoms with Crippen molar-refractivity contribution in [2.24, 2.45) is 5.92 Å². The molecular weight excluding hydrogens is 670 g/mol. The Morgan fingerprint density at radius 2 is 1.82 bits per heavy atom. The highest BCUT2D eigenvalue weighted by atomic mass is 79.9. The van der Waals surface area contributed by atoms with Crippen LogP contribution in [0.25, 0.3) is 0 Å². The SMILES string of the molecule is C=CCCCCCC(NC(=O)OC(C)(C)C)C(=O)N1C[C@@H](OS(=O)(=O)c2ccc(Br)cc2)C[C@H]1C(=O)N[C@]1(C(=O)O)C[C@H]1C=C. The van der Waals surface area contributed by atoms with Crippen molar-refractivity contribution in [2.75, 3.05) is 6.54 Å². The quantitative estimate of drug-likeness (QED) is 0.136. The number of hydrogen-bond donors (Lipinski definition) is 3. The van der Waals surface area contributed by atoms with E-state index in [1.807, 2.05) is 0 Å². The molecule has 1 aromatic carbocycles. The van der Waals surface area contributed by atoms with Gasteiger partial charge < -0.3 is 25.4 Å². The molecule has 0 spiro atoms. The van der Waals surface area contributed by atoms with Gasteiger partial charge in [0, 0.05) is 23.4 Å². The summed E-state index contributed by atoms with van der Waals surface area (Å²) < 4.78 is 37.7. The fourth-order valence-corrected chi connectivity index (χ4v) is 6.58. The van der Waals surface area contributed by atoms with E-state index in [9.17, 15) is 32.7 Å². The van der Waals surface area contributed by atoms with Gasteiger partial charge in [-0.3, -0.25) is 13.8 Å². The van der Waals surface area contributed by atoms with E-state index in [4.69, 9.17) is 8.92 Å². The first-order chi connectivity index (χ1) is 21.0. The highest BCUT2D eigenvalue weighted by Gasteiger charge is 2.61. The molecule has 1 aromatic rings. The molecule has 1 aliphatic carbocycles. The normalized spacial score (nSPS) is 23.5. The highest BCUT2D eigenvalue weighted by Crippen LogP contribution is 2.45. The number of likely N-dealkylation sites (tertiary alicyclic amines) is 1. The van der Waals surface area contributed by atoms with Gasteiger partial charge in [-0.15, -0.1) is 13.2 Å². The molecule has 1 unspecified atom stereocenters. The maximum atomic E-state index is 14.1. The Kier molecular flexibility index (Phi) is 12.0. The molecule has 1 heterocycles. The molecule has 1 saturated heterocycles. The average molecular weight is 713 g/mol. The van der Waals surface area contributed by atoms with Crippen LogP contribution in [0.4, 0.5) is 4.79 Å². The number of unbranched alkanes of at least 4 members (excludes halogenated alkanes) is 3. The lowest BCUT2D eigenvalue weighted by atomic mass is 10.0. The number of halogens is 1. The zero-order chi connectivity index (χ0) is 33.6. The molecule has 3 amide bonds. The summed E-state index contributed by atoms with van der Waals surface area (Å²) in [4.78, 5) is 53.5. The molecule has 5 atom stereocenters. The number of hydrogen-bond acceptors (Lipinski definition) is 8. The molecule has 0 bridgehead atoms. The Balaban J connectivity index is 1.89. The smallest absolute Gasteiger partial charge is 0.408 e. The molecule has 1 saturated carbocycles. The summed E-state index contributed by atoms with van der Waals surface area (Å²) in [7, 11) is -4.29. The monoisotopic (exact) mass is 711 g/mol. The third-order valence-corrected chi connectivity index (χ3v) is 9.53. The van der Waals surface area contributed by atoms with E-state index in [0.717, 1.165) is 24.2 Å². The highest BCUT2D eigenvalue weighted by molar-refractivity contribution is 9.10. The van der Waals surface area contributed by atoms with Crippen LogP contribution in [0.3, 0.4) is 0 Å². The van der Waals surface area contributed by atoms with Crippen molar-refractivity contribution < 1.29 is 41.6 Å². The molecule has 3 rings (SSSR count). The molecule has 2 fully saturated rings. The topological polar surface area (TPSA) is 168 Å². The van der Waals surface area contributed by atoms with Crippen LogP contribution < -0.4 is 10.6 Å². The number of nitrogens with one attached hydrogen (secondary N) is 2. The first kappa shape index (κ1) is 36.2. The van der Waals surface area contributed by atoms with Crippen molar-refractivity contribution in [3.63, 3.8) is 0 Å². The van der Waals surface area contributed by atoms with Gasteiger partial charge in [-0.1, -0.05) is 40.9 Å². The van der Waals surface area contributed by atoms with Gasteiger partial charge in [0.2, 0.25) is 11.8 Å². The number of carbonyl (C=O) groups is 4. The van der Waals surface area contributed by atoms with Crippen LogP contribution in [0.15, 0.2) is 58.9 Å². The number of amides is 3. The Morgan fingerprint density at radius 3 is 2.38 bits per heavy atom. The van der Waals surface area contributed by atoms with Crippen LogP contribution in [0.5, 0.6) is 0 Å². The molecule has 45 heavy (non-hydrogen) atoms. The summed E-state index contributed by atoms with van der Waals surface area (Å²) in [6.45, 7) is 12.1. The van der Waals surface area contributed by atoms with Crippen molar-refractivity contribution in [1.82, 2.24) is 15.5 Å². The predicted molar refractivity (Wildman–Crippen MR) is 170 cm³/mol. The third kappa shape index (κ3) is 9.63.